The molecule has 3 rings (SSSR count). The minimum Gasteiger partial charge on any atom is -0.466 e. The summed E-state index contributed by atoms with van der Waals surface area (Å²) in [5, 5.41) is 2.98. The highest BCUT2D eigenvalue weighted by Gasteiger charge is 2.19. The maximum atomic E-state index is 12.5. The van der Waals surface area contributed by atoms with Crippen molar-refractivity contribution in [3.63, 3.8) is 0 Å². The summed E-state index contributed by atoms with van der Waals surface area (Å²) in [6, 6.07) is 1.51. The minimum absolute atomic E-state index is 0.249. The maximum absolute atomic E-state index is 12.5. The summed E-state index contributed by atoms with van der Waals surface area (Å²) in [5.74, 6) is 0.873. The van der Waals surface area contributed by atoms with Gasteiger partial charge in [0.25, 0.3) is 11.5 Å². The molecule has 0 aliphatic heterocycles. The number of carbonyl (C=O) groups excluding carboxylic acids is 1. The predicted molar refractivity (Wildman–Crippen MR) is 93.1 cm³/mol. The van der Waals surface area contributed by atoms with Gasteiger partial charge >= 0.3 is 5.69 Å². The molecule has 0 spiro atoms. The van der Waals surface area contributed by atoms with E-state index in [2.05, 4.69) is 10.3 Å². The van der Waals surface area contributed by atoms with Crippen molar-refractivity contribution in [3.05, 3.63) is 55.7 Å². The Morgan fingerprint density at radius 2 is 1.80 bits per heavy atom. The van der Waals surface area contributed by atoms with Gasteiger partial charge in [-0.2, -0.15) is 0 Å². The van der Waals surface area contributed by atoms with E-state index in [0.717, 1.165) is 10.1 Å². The van der Waals surface area contributed by atoms with Crippen molar-refractivity contribution in [2.75, 3.05) is 5.32 Å². The average molecular weight is 342 g/mol. The van der Waals surface area contributed by atoms with E-state index >= 15 is 0 Å². The molecule has 0 unspecified atom stereocenters. The second-order valence-corrected chi connectivity index (χ2v) is 5.97. The Bertz CT molecular complexity index is 1130. The number of hydrogen-bond acceptors (Lipinski definition) is 5. The number of rotatable bonds is 2. The van der Waals surface area contributed by atoms with Gasteiger partial charge in [-0.15, -0.1) is 0 Å². The van der Waals surface area contributed by atoms with Gasteiger partial charge in [0.2, 0.25) is 0 Å². The number of amides is 1. The third-order valence-electron chi connectivity index (χ3n) is 4.34. The van der Waals surface area contributed by atoms with Crippen molar-refractivity contribution in [2.45, 2.75) is 20.8 Å². The first-order valence-corrected chi connectivity index (χ1v) is 7.66. The molecule has 8 heteroatoms. The quantitative estimate of drug-likeness (QED) is 0.759. The first kappa shape index (κ1) is 16.7. The maximum Gasteiger partial charge on any atom is 0.332 e. The molecule has 0 radical (unpaired) electrons. The first-order valence-electron chi connectivity index (χ1n) is 7.66. The predicted octanol–water partition coefficient (Wildman–Crippen LogP) is 1.40. The van der Waals surface area contributed by atoms with Crippen LogP contribution in [0.15, 0.2) is 26.3 Å². The summed E-state index contributed by atoms with van der Waals surface area (Å²) >= 11 is 0. The molecule has 130 valence electrons. The topological polar surface area (TPSA) is 99.1 Å². The number of aryl methyl sites for hydroxylation is 3. The number of fused-ring (bicyclic) bond motifs is 1. The van der Waals surface area contributed by atoms with E-state index in [9.17, 15) is 14.4 Å². The van der Waals surface area contributed by atoms with Gasteiger partial charge in [-0.05, 0) is 26.8 Å². The van der Waals surface area contributed by atoms with E-state index in [-0.39, 0.29) is 16.9 Å². The molecule has 1 amide bonds. The van der Waals surface area contributed by atoms with Gasteiger partial charge in [0.1, 0.15) is 17.2 Å². The molecule has 3 aromatic rings. The number of carbonyl (C=O) groups is 1. The number of anilines is 1. The monoisotopic (exact) mass is 342 g/mol. The lowest BCUT2D eigenvalue weighted by atomic mass is 10.1. The SMILES string of the molecule is Cc1oc(C)c(C(=O)Nc2cnc3c(c2)c(=O)n(C)c(=O)n3C)c1C. The number of hydrogen-bond donors (Lipinski definition) is 1. The van der Waals surface area contributed by atoms with Crippen LogP contribution in [0.1, 0.15) is 27.4 Å². The highest BCUT2D eigenvalue weighted by Crippen LogP contribution is 2.22. The first-order chi connectivity index (χ1) is 11.7. The third kappa shape index (κ3) is 2.55. The lowest BCUT2D eigenvalue weighted by Crippen LogP contribution is -2.37. The van der Waals surface area contributed by atoms with Crippen molar-refractivity contribution in [3.8, 4) is 0 Å². The van der Waals surface area contributed by atoms with Crippen LogP contribution in [-0.4, -0.2) is 20.0 Å². The normalized spacial score (nSPS) is 11.1. The standard InChI is InChI=1S/C17H18N4O4/c1-8-9(2)25-10(3)13(8)15(22)19-11-6-12-14(18-7-11)20(4)17(24)21(5)16(12)23/h6-7H,1-5H3,(H,19,22). The second kappa shape index (κ2) is 5.73. The molecule has 8 nitrogen and oxygen atoms in total. The molecule has 0 aliphatic carbocycles. The Morgan fingerprint density at radius 1 is 1.12 bits per heavy atom. The number of furan rings is 1. The molecule has 0 saturated carbocycles. The molecule has 0 atom stereocenters. The van der Waals surface area contributed by atoms with E-state index in [0.29, 0.717) is 22.8 Å². The van der Waals surface area contributed by atoms with Gasteiger partial charge in [-0.25, -0.2) is 9.78 Å². The molecule has 0 saturated heterocycles. The zero-order valence-corrected chi connectivity index (χ0v) is 14.6. The Hall–Kier alpha value is -3.16. The highest BCUT2D eigenvalue weighted by atomic mass is 16.3. The van der Waals surface area contributed by atoms with Crippen molar-refractivity contribution in [1.29, 1.82) is 0 Å². The molecular formula is C17H18N4O4. The fourth-order valence-electron chi connectivity index (χ4n) is 2.85. The zero-order valence-electron chi connectivity index (χ0n) is 14.6. The van der Waals surface area contributed by atoms with Gasteiger partial charge in [-0.3, -0.25) is 18.7 Å². The Balaban J connectivity index is 2.07. The van der Waals surface area contributed by atoms with Crippen LogP contribution in [-0.2, 0) is 14.1 Å². The number of nitrogens with one attached hydrogen (secondary N) is 1. The molecule has 0 bridgehead atoms. The molecule has 0 aliphatic rings. The third-order valence-corrected chi connectivity index (χ3v) is 4.34. The van der Waals surface area contributed by atoms with E-state index in [1.54, 1.807) is 13.8 Å². The van der Waals surface area contributed by atoms with Crippen molar-refractivity contribution >= 4 is 22.6 Å². The van der Waals surface area contributed by atoms with Crippen LogP contribution in [0.2, 0.25) is 0 Å². The summed E-state index contributed by atoms with van der Waals surface area (Å²) in [6.45, 7) is 5.32. The largest absolute Gasteiger partial charge is 0.466 e. The summed E-state index contributed by atoms with van der Waals surface area (Å²) in [7, 11) is 2.94. The van der Waals surface area contributed by atoms with Crippen LogP contribution in [0.4, 0.5) is 5.69 Å². The molecule has 1 N–H and O–H groups in total. The van der Waals surface area contributed by atoms with Crippen molar-refractivity contribution in [2.24, 2.45) is 14.1 Å². The van der Waals surface area contributed by atoms with Gasteiger partial charge in [0.15, 0.2) is 0 Å². The lowest BCUT2D eigenvalue weighted by molar-refractivity contribution is 0.102. The smallest absolute Gasteiger partial charge is 0.332 e. The Kier molecular flexibility index (Phi) is 3.82. The summed E-state index contributed by atoms with van der Waals surface area (Å²) < 4.78 is 7.76. The van der Waals surface area contributed by atoms with Crippen LogP contribution in [0.25, 0.3) is 11.0 Å². The minimum atomic E-state index is -0.465. The summed E-state index contributed by atoms with van der Waals surface area (Å²) in [6.07, 6.45) is 1.41. The average Bonchev–Trinajstić information content (AvgIpc) is 2.83. The highest BCUT2D eigenvalue weighted by molar-refractivity contribution is 6.06. The fourth-order valence-corrected chi connectivity index (χ4v) is 2.85. The molecule has 0 aromatic carbocycles. The van der Waals surface area contributed by atoms with Gasteiger partial charge in [0.05, 0.1) is 22.8 Å². The van der Waals surface area contributed by atoms with E-state index < -0.39 is 11.2 Å². The number of pyridine rings is 1. The van der Waals surface area contributed by atoms with E-state index in [1.165, 1.54) is 30.9 Å². The van der Waals surface area contributed by atoms with Gasteiger partial charge < -0.3 is 9.73 Å². The summed E-state index contributed by atoms with van der Waals surface area (Å²) in [4.78, 5) is 40.9. The molecule has 3 heterocycles. The molecule has 0 fully saturated rings. The van der Waals surface area contributed by atoms with Crippen LogP contribution >= 0.6 is 0 Å². The lowest BCUT2D eigenvalue weighted by Gasteiger charge is -2.09. The van der Waals surface area contributed by atoms with E-state index in [4.69, 9.17) is 4.42 Å². The zero-order chi connectivity index (χ0) is 18.5. The molecule has 3 aromatic heterocycles. The van der Waals surface area contributed by atoms with Crippen LogP contribution < -0.4 is 16.6 Å². The Labute approximate surface area is 142 Å². The van der Waals surface area contributed by atoms with Crippen LogP contribution in [0.3, 0.4) is 0 Å². The fraction of sp³-hybridized carbons (Fsp3) is 0.294. The summed E-state index contributed by atoms with van der Waals surface area (Å²) in [5.41, 5.74) is 0.937. The van der Waals surface area contributed by atoms with Crippen molar-refractivity contribution < 1.29 is 9.21 Å². The molecular weight excluding hydrogens is 324 g/mol. The van der Waals surface area contributed by atoms with Gasteiger partial charge in [-0.1, -0.05) is 0 Å². The second-order valence-electron chi connectivity index (χ2n) is 5.97. The van der Waals surface area contributed by atoms with E-state index in [1.807, 2.05) is 6.92 Å². The van der Waals surface area contributed by atoms with Crippen molar-refractivity contribution in [1.82, 2.24) is 14.1 Å². The molecule has 25 heavy (non-hydrogen) atoms. The van der Waals surface area contributed by atoms with Crippen LogP contribution in [0, 0.1) is 20.8 Å². The van der Waals surface area contributed by atoms with Gasteiger partial charge in [0, 0.05) is 19.7 Å². The van der Waals surface area contributed by atoms with Crippen LogP contribution in [0.5, 0.6) is 0 Å². The number of aromatic nitrogens is 3. The number of nitrogens with zero attached hydrogens (tertiary/aromatic N) is 3. The Morgan fingerprint density at radius 3 is 2.40 bits per heavy atom.